The van der Waals surface area contributed by atoms with E-state index < -0.39 is 5.97 Å². The van der Waals surface area contributed by atoms with Gasteiger partial charge in [-0.05, 0) is 79.4 Å². The Morgan fingerprint density at radius 1 is 0.833 bits per heavy atom. The van der Waals surface area contributed by atoms with Crippen LogP contribution in [0.15, 0.2) is 78.9 Å². The predicted molar refractivity (Wildman–Crippen MR) is 164 cm³/mol. The number of rotatable bonds is 12. The number of carbonyl (C=O) groups excluding carboxylic acids is 1. The van der Waals surface area contributed by atoms with E-state index in [2.05, 4.69) is 0 Å². The van der Waals surface area contributed by atoms with Gasteiger partial charge in [-0.2, -0.15) is 0 Å². The lowest BCUT2D eigenvalue weighted by atomic mass is 10.1. The van der Waals surface area contributed by atoms with Gasteiger partial charge in [0.2, 0.25) is 0 Å². The number of nitrogens with zero attached hydrogens (tertiary/aromatic N) is 1. The minimum atomic E-state index is -1.07. The summed E-state index contributed by atoms with van der Waals surface area (Å²) in [4.78, 5) is 27.2. The molecular formula is C33H31Cl2NO6. The molecule has 0 bridgehead atoms. The SMILES string of the molecule is COc1cc(C(=O)N(CCCc2c(Cl)cccc2Cl)Cc2ccc(Oc3ccccc3C(=O)O)cc2)cc(OC)c1C. The Morgan fingerprint density at radius 3 is 2.05 bits per heavy atom. The molecule has 4 aromatic rings. The molecule has 9 heteroatoms. The lowest BCUT2D eigenvalue weighted by molar-refractivity contribution is 0.0692. The molecule has 4 rings (SSSR count). The molecule has 4 aromatic carbocycles. The zero-order chi connectivity index (χ0) is 30.2. The lowest BCUT2D eigenvalue weighted by Gasteiger charge is -2.24. The third kappa shape index (κ3) is 7.35. The molecule has 0 atom stereocenters. The van der Waals surface area contributed by atoms with Crippen LogP contribution in [0.4, 0.5) is 0 Å². The minimum absolute atomic E-state index is 0.0703. The van der Waals surface area contributed by atoms with Crippen LogP contribution in [-0.4, -0.2) is 42.6 Å². The zero-order valence-electron chi connectivity index (χ0n) is 23.5. The summed E-state index contributed by atoms with van der Waals surface area (Å²) in [6.07, 6.45) is 1.22. The van der Waals surface area contributed by atoms with Gasteiger partial charge in [-0.15, -0.1) is 0 Å². The number of halogens is 2. The molecule has 7 nitrogen and oxygen atoms in total. The number of benzene rings is 4. The highest BCUT2D eigenvalue weighted by atomic mass is 35.5. The van der Waals surface area contributed by atoms with E-state index in [9.17, 15) is 14.7 Å². The standard InChI is InChI=1S/C33H31Cl2NO6/c1-21-30(40-2)18-23(19-31(21)41-3)32(37)36(17-7-9-25-27(34)10-6-11-28(25)35)20-22-13-15-24(16-14-22)42-29-12-5-4-8-26(29)33(38)39/h4-6,8,10-16,18-19H,7,9,17,20H2,1-3H3,(H,38,39). The Kier molecular flexibility index (Phi) is 10.3. The molecule has 42 heavy (non-hydrogen) atoms. The summed E-state index contributed by atoms with van der Waals surface area (Å²) in [6, 6.07) is 22.5. The van der Waals surface area contributed by atoms with Crippen molar-refractivity contribution in [3.05, 3.63) is 117 Å². The second-order valence-corrected chi connectivity index (χ2v) is 10.4. The summed E-state index contributed by atoms with van der Waals surface area (Å²) in [5, 5.41) is 10.6. The van der Waals surface area contributed by atoms with Crippen molar-refractivity contribution in [3.63, 3.8) is 0 Å². The number of amides is 1. The van der Waals surface area contributed by atoms with E-state index in [1.165, 1.54) is 6.07 Å². The van der Waals surface area contributed by atoms with Crippen LogP contribution in [-0.2, 0) is 13.0 Å². The Morgan fingerprint density at radius 2 is 1.45 bits per heavy atom. The largest absolute Gasteiger partial charge is 0.496 e. The summed E-state index contributed by atoms with van der Waals surface area (Å²) in [5.74, 6) is 0.584. The number of para-hydroxylation sites is 1. The van der Waals surface area contributed by atoms with E-state index >= 15 is 0 Å². The van der Waals surface area contributed by atoms with E-state index in [0.29, 0.717) is 58.8 Å². The molecule has 0 fully saturated rings. The van der Waals surface area contributed by atoms with Crippen molar-refractivity contribution >= 4 is 35.1 Å². The van der Waals surface area contributed by atoms with Crippen molar-refractivity contribution in [2.45, 2.75) is 26.3 Å². The molecule has 0 saturated carbocycles. The van der Waals surface area contributed by atoms with E-state index in [-0.39, 0.29) is 17.2 Å². The highest BCUT2D eigenvalue weighted by Crippen LogP contribution is 2.31. The molecule has 0 saturated heterocycles. The van der Waals surface area contributed by atoms with Gasteiger partial charge >= 0.3 is 5.97 Å². The number of hydrogen-bond acceptors (Lipinski definition) is 5. The highest BCUT2D eigenvalue weighted by molar-refractivity contribution is 6.36. The molecule has 1 amide bonds. The molecule has 0 radical (unpaired) electrons. The third-order valence-corrected chi connectivity index (χ3v) is 7.55. The molecule has 218 valence electrons. The maximum Gasteiger partial charge on any atom is 0.339 e. The van der Waals surface area contributed by atoms with Gasteiger partial charge in [0.1, 0.15) is 28.6 Å². The number of methoxy groups -OCH3 is 2. The van der Waals surface area contributed by atoms with Gasteiger partial charge < -0.3 is 24.2 Å². The summed E-state index contributed by atoms with van der Waals surface area (Å²) in [7, 11) is 3.11. The number of carboxylic acids is 1. The molecule has 0 aliphatic rings. The predicted octanol–water partition coefficient (Wildman–Crippen LogP) is 8.08. The molecular weight excluding hydrogens is 577 g/mol. The maximum absolute atomic E-state index is 13.9. The van der Waals surface area contributed by atoms with Crippen LogP contribution in [0, 0.1) is 6.92 Å². The molecule has 0 spiro atoms. The quantitative estimate of drug-likeness (QED) is 0.175. The van der Waals surface area contributed by atoms with Gasteiger partial charge in [0.05, 0.1) is 14.2 Å². The minimum Gasteiger partial charge on any atom is -0.496 e. The topological polar surface area (TPSA) is 85.3 Å². The average Bonchev–Trinajstić information content (AvgIpc) is 2.99. The number of hydrogen-bond donors (Lipinski definition) is 1. The normalized spacial score (nSPS) is 10.7. The first kappa shape index (κ1) is 30.8. The fraction of sp³-hybridized carbons (Fsp3) is 0.212. The number of carbonyl (C=O) groups is 2. The van der Waals surface area contributed by atoms with Crippen molar-refractivity contribution in [2.24, 2.45) is 0 Å². The second kappa shape index (κ2) is 14.1. The summed E-state index contributed by atoms with van der Waals surface area (Å²) >= 11 is 12.8. The number of aromatic carboxylic acids is 1. The second-order valence-electron chi connectivity index (χ2n) is 9.58. The van der Waals surface area contributed by atoms with Crippen molar-refractivity contribution in [2.75, 3.05) is 20.8 Å². The van der Waals surface area contributed by atoms with Gasteiger partial charge in [0, 0.05) is 34.3 Å². The molecule has 0 unspecified atom stereocenters. The monoisotopic (exact) mass is 607 g/mol. The van der Waals surface area contributed by atoms with Crippen LogP contribution >= 0.6 is 23.2 Å². The van der Waals surface area contributed by atoms with Crippen molar-refractivity contribution in [1.82, 2.24) is 4.90 Å². The highest BCUT2D eigenvalue weighted by Gasteiger charge is 2.20. The molecule has 0 aliphatic carbocycles. The zero-order valence-corrected chi connectivity index (χ0v) is 25.0. The van der Waals surface area contributed by atoms with Crippen molar-refractivity contribution in [1.29, 1.82) is 0 Å². The summed E-state index contributed by atoms with van der Waals surface area (Å²) < 4.78 is 16.8. The Labute approximate surface area is 255 Å². The Hall–Kier alpha value is -4.20. The van der Waals surface area contributed by atoms with Gasteiger partial charge in [0.25, 0.3) is 5.91 Å². The molecule has 0 aromatic heterocycles. The van der Waals surface area contributed by atoms with Crippen molar-refractivity contribution < 1.29 is 28.9 Å². The molecule has 1 N–H and O–H groups in total. The number of ether oxygens (including phenoxy) is 3. The van der Waals surface area contributed by atoms with Crippen LogP contribution in [0.5, 0.6) is 23.0 Å². The first-order valence-electron chi connectivity index (χ1n) is 13.3. The molecule has 0 aliphatic heterocycles. The van der Waals surface area contributed by atoms with Crippen LogP contribution in [0.25, 0.3) is 0 Å². The van der Waals surface area contributed by atoms with Gasteiger partial charge in [-0.1, -0.05) is 53.5 Å². The first-order chi connectivity index (χ1) is 20.2. The van der Waals surface area contributed by atoms with Gasteiger partial charge in [-0.3, -0.25) is 4.79 Å². The lowest BCUT2D eigenvalue weighted by Crippen LogP contribution is -2.32. The fourth-order valence-electron chi connectivity index (χ4n) is 4.61. The molecule has 0 heterocycles. The maximum atomic E-state index is 13.9. The first-order valence-corrected chi connectivity index (χ1v) is 14.0. The van der Waals surface area contributed by atoms with E-state index in [0.717, 1.165) is 16.7 Å². The Balaban J connectivity index is 1.57. The van der Waals surface area contributed by atoms with Gasteiger partial charge in [-0.25, -0.2) is 4.79 Å². The van der Waals surface area contributed by atoms with E-state index in [1.807, 2.05) is 19.1 Å². The van der Waals surface area contributed by atoms with Crippen LogP contribution < -0.4 is 14.2 Å². The fourth-order valence-corrected chi connectivity index (χ4v) is 5.19. The third-order valence-electron chi connectivity index (χ3n) is 6.84. The van der Waals surface area contributed by atoms with E-state index in [1.54, 1.807) is 79.8 Å². The smallest absolute Gasteiger partial charge is 0.339 e. The number of carboxylic acid groups (broad SMARTS) is 1. The summed E-state index contributed by atoms with van der Waals surface area (Å²) in [5.41, 5.74) is 3.02. The van der Waals surface area contributed by atoms with Crippen molar-refractivity contribution in [3.8, 4) is 23.0 Å². The average molecular weight is 609 g/mol. The van der Waals surface area contributed by atoms with Crippen LogP contribution in [0.3, 0.4) is 0 Å². The van der Waals surface area contributed by atoms with Crippen LogP contribution in [0.1, 0.15) is 43.8 Å². The summed E-state index contributed by atoms with van der Waals surface area (Å²) in [6.45, 7) is 2.62. The van der Waals surface area contributed by atoms with Crippen LogP contribution in [0.2, 0.25) is 10.0 Å². The van der Waals surface area contributed by atoms with E-state index in [4.69, 9.17) is 37.4 Å². The Bertz CT molecular complexity index is 1530. The van der Waals surface area contributed by atoms with Gasteiger partial charge in [0.15, 0.2) is 0 Å².